The van der Waals surface area contributed by atoms with Crippen LogP contribution < -0.4 is 4.90 Å². The van der Waals surface area contributed by atoms with Crippen molar-refractivity contribution in [1.29, 1.82) is 0 Å². The molecule has 1 aliphatic heterocycles. The zero-order chi connectivity index (χ0) is 13.6. The van der Waals surface area contributed by atoms with Crippen molar-refractivity contribution in [2.75, 3.05) is 4.90 Å². The lowest BCUT2D eigenvalue weighted by molar-refractivity contribution is -0.122. The van der Waals surface area contributed by atoms with Gasteiger partial charge < -0.3 is 0 Å². The average molecular weight is 298 g/mol. The molecule has 3 nitrogen and oxygen atoms in total. The van der Waals surface area contributed by atoms with E-state index in [2.05, 4.69) is 0 Å². The highest BCUT2D eigenvalue weighted by molar-refractivity contribution is 6.37. The molecule has 2 amide bonds. The molecule has 100 valence electrons. The smallest absolute Gasteiger partial charge is 0.237 e. The zero-order valence-electron chi connectivity index (χ0n) is 10.2. The van der Waals surface area contributed by atoms with Crippen molar-refractivity contribution in [3.05, 3.63) is 28.2 Å². The highest BCUT2D eigenvalue weighted by atomic mass is 35.5. The number of anilines is 1. The summed E-state index contributed by atoms with van der Waals surface area (Å²) in [5.41, 5.74) is 0.415. The van der Waals surface area contributed by atoms with Gasteiger partial charge in [0.2, 0.25) is 11.8 Å². The SMILES string of the molecule is O=C1[C@@H]2CCCC[C@H]2C(=O)N1c1cc(Cl)ccc1Cl. The summed E-state index contributed by atoms with van der Waals surface area (Å²) in [5.74, 6) is -0.592. The van der Waals surface area contributed by atoms with Crippen LogP contribution in [0.2, 0.25) is 10.0 Å². The van der Waals surface area contributed by atoms with E-state index < -0.39 is 0 Å². The summed E-state index contributed by atoms with van der Waals surface area (Å²) in [7, 11) is 0. The zero-order valence-corrected chi connectivity index (χ0v) is 11.7. The fraction of sp³-hybridized carbons (Fsp3) is 0.429. The van der Waals surface area contributed by atoms with E-state index in [1.807, 2.05) is 0 Å². The minimum atomic E-state index is -0.170. The van der Waals surface area contributed by atoms with Crippen molar-refractivity contribution in [1.82, 2.24) is 0 Å². The summed E-state index contributed by atoms with van der Waals surface area (Å²) >= 11 is 12.0. The van der Waals surface area contributed by atoms with E-state index in [9.17, 15) is 9.59 Å². The average Bonchev–Trinajstić information content (AvgIpc) is 2.66. The number of amides is 2. The molecule has 0 bridgehead atoms. The van der Waals surface area contributed by atoms with Crippen LogP contribution in [0.5, 0.6) is 0 Å². The van der Waals surface area contributed by atoms with E-state index in [1.54, 1.807) is 18.2 Å². The normalized spacial score (nSPS) is 26.7. The van der Waals surface area contributed by atoms with Crippen molar-refractivity contribution in [3.8, 4) is 0 Å². The summed E-state index contributed by atoms with van der Waals surface area (Å²) < 4.78 is 0. The maximum atomic E-state index is 12.4. The molecule has 0 aromatic heterocycles. The molecule has 2 fully saturated rings. The van der Waals surface area contributed by atoms with Gasteiger partial charge >= 0.3 is 0 Å². The van der Waals surface area contributed by atoms with Crippen LogP contribution in [0, 0.1) is 11.8 Å². The van der Waals surface area contributed by atoms with Gasteiger partial charge in [-0.1, -0.05) is 36.0 Å². The highest BCUT2D eigenvalue weighted by Crippen LogP contribution is 2.42. The molecule has 1 saturated heterocycles. The Morgan fingerprint density at radius 3 is 2.16 bits per heavy atom. The molecule has 1 saturated carbocycles. The summed E-state index contributed by atoms with van der Waals surface area (Å²) in [4.78, 5) is 26.1. The Morgan fingerprint density at radius 1 is 1.00 bits per heavy atom. The number of hydrogen-bond donors (Lipinski definition) is 0. The van der Waals surface area contributed by atoms with Crippen molar-refractivity contribution in [3.63, 3.8) is 0 Å². The van der Waals surface area contributed by atoms with Gasteiger partial charge in [0.1, 0.15) is 0 Å². The molecule has 0 unspecified atom stereocenters. The van der Waals surface area contributed by atoms with Gasteiger partial charge in [0, 0.05) is 5.02 Å². The van der Waals surface area contributed by atoms with E-state index >= 15 is 0 Å². The Balaban J connectivity index is 2.03. The van der Waals surface area contributed by atoms with Gasteiger partial charge in [-0.25, -0.2) is 4.90 Å². The molecule has 0 N–H and O–H groups in total. The quantitative estimate of drug-likeness (QED) is 0.742. The second-order valence-electron chi connectivity index (χ2n) is 5.11. The van der Waals surface area contributed by atoms with E-state index in [0.29, 0.717) is 15.7 Å². The third-order valence-corrected chi connectivity index (χ3v) is 4.54. The van der Waals surface area contributed by atoms with Crippen LogP contribution in [0.3, 0.4) is 0 Å². The van der Waals surface area contributed by atoms with Crippen LogP contribution in [0.25, 0.3) is 0 Å². The number of hydrogen-bond acceptors (Lipinski definition) is 2. The van der Waals surface area contributed by atoms with Crippen molar-refractivity contribution >= 4 is 40.7 Å². The fourth-order valence-electron chi connectivity index (χ4n) is 3.06. The van der Waals surface area contributed by atoms with Gasteiger partial charge in [0.15, 0.2) is 0 Å². The molecule has 1 aliphatic carbocycles. The maximum Gasteiger partial charge on any atom is 0.237 e. The van der Waals surface area contributed by atoms with Crippen molar-refractivity contribution < 1.29 is 9.59 Å². The number of halogens is 2. The van der Waals surface area contributed by atoms with Gasteiger partial charge in [-0.3, -0.25) is 9.59 Å². The van der Waals surface area contributed by atoms with Crippen molar-refractivity contribution in [2.45, 2.75) is 25.7 Å². The molecular formula is C14H13Cl2NO2. The molecule has 0 radical (unpaired) electrons. The lowest BCUT2D eigenvalue weighted by Gasteiger charge is -2.19. The highest BCUT2D eigenvalue weighted by Gasteiger charge is 2.49. The molecule has 19 heavy (non-hydrogen) atoms. The van der Waals surface area contributed by atoms with Crippen LogP contribution in [0.1, 0.15) is 25.7 Å². The number of carbonyl (C=O) groups is 2. The number of benzene rings is 1. The number of rotatable bonds is 1. The van der Waals surface area contributed by atoms with Crippen LogP contribution >= 0.6 is 23.2 Å². The van der Waals surface area contributed by atoms with Gasteiger partial charge in [-0.15, -0.1) is 0 Å². The molecule has 0 spiro atoms. The van der Waals surface area contributed by atoms with Crippen LogP contribution in [0.4, 0.5) is 5.69 Å². The van der Waals surface area contributed by atoms with Gasteiger partial charge in [0.05, 0.1) is 22.5 Å². The number of fused-ring (bicyclic) bond motifs is 1. The molecule has 1 aromatic rings. The minimum Gasteiger partial charge on any atom is -0.274 e. The molecule has 5 heteroatoms. The van der Waals surface area contributed by atoms with E-state index in [0.717, 1.165) is 25.7 Å². The summed E-state index contributed by atoms with van der Waals surface area (Å²) in [6, 6.07) is 4.84. The Kier molecular flexibility index (Phi) is 3.27. The standard InChI is InChI=1S/C14H13Cl2NO2/c15-8-5-6-11(16)12(7-8)17-13(18)9-3-1-2-4-10(9)14(17)19/h5-7,9-10H,1-4H2/t9-,10-/m1/s1. The van der Waals surface area contributed by atoms with Crippen LogP contribution in [0.15, 0.2) is 18.2 Å². The Bertz CT molecular complexity index is 534. The van der Waals surface area contributed by atoms with Crippen LogP contribution in [-0.4, -0.2) is 11.8 Å². The van der Waals surface area contributed by atoms with Gasteiger partial charge in [0.25, 0.3) is 0 Å². The summed E-state index contributed by atoms with van der Waals surface area (Å²) in [6.45, 7) is 0. The first-order chi connectivity index (χ1) is 9.09. The van der Waals surface area contributed by atoms with Crippen LogP contribution in [-0.2, 0) is 9.59 Å². The van der Waals surface area contributed by atoms with Crippen molar-refractivity contribution in [2.24, 2.45) is 11.8 Å². The van der Waals surface area contributed by atoms with E-state index in [1.165, 1.54) is 4.90 Å². The second kappa shape index (κ2) is 4.80. The summed E-state index contributed by atoms with van der Waals surface area (Å²) in [5, 5.41) is 0.847. The monoisotopic (exact) mass is 297 g/mol. The molecule has 3 rings (SSSR count). The first kappa shape index (κ1) is 12.9. The lowest BCUT2D eigenvalue weighted by atomic mass is 9.81. The predicted octanol–water partition coefficient (Wildman–Crippen LogP) is 3.67. The molecular weight excluding hydrogens is 285 g/mol. The topological polar surface area (TPSA) is 37.4 Å². The maximum absolute atomic E-state index is 12.4. The first-order valence-electron chi connectivity index (χ1n) is 6.42. The Hall–Kier alpha value is -1.06. The lowest BCUT2D eigenvalue weighted by Crippen LogP contribution is -2.31. The first-order valence-corrected chi connectivity index (χ1v) is 7.18. The third kappa shape index (κ3) is 2.05. The van der Waals surface area contributed by atoms with E-state index in [-0.39, 0.29) is 23.7 Å². The number of carbonyl (C=O) groups excluding carboxylic acids is 2. The Labute approximate surface area is 121 Å². The minimum absolute atomic E-state index is 0.126. The summed E-state index contributed by atoms with van der Waals surface area (Å²) in [6.07, 6.45) is 3.61. The predicted molar refractivity (Wildman–Crippen MR) is 74.4 cm³/mol. The third-order valence-electron chi connectivity index (χ3n) is 3.99. The molecule has 1 aromatic carbocycles. The number of nitrogens with zero attached hydrogens (tertiary/aromatic N) is 1. The fourth-order valence-corrected chi connectivity index (χ4v) is 3.43. The molecule has 2 atom stereocenters. The molecule has 1 heterocycles. The second-order valence-corrected chi connectivity index (χ2v) is 5.95. The van der Waals surface area contributed by atoms with E-state index in [4.69, 9.17) is 23.2 Å². The Morgan fingerprint density at radius 2 is 1.58 bits per heavy atom. The largest absolute Gasteiger partial charge is 0.274 e. The number of imide groups is 1. The van der Waals surface area contributed by atoms with Gasteiger partial charge in [-0.05, 0) is 31.0 Å². The molecule has 2 aliphatic rings. The van der Waals surface area contributed by atoms with Gasteiger partial charge in [-0.2, -0.15) is 0 Å².